The molecular weight excluding hydrogens is 280 g/mol. The fourth-order valence-corrected chi connectivity index (χ4v) is 3.79. The number of aryl methyl sites for hydroxylation is 1. The summed E-state index contributed by atoms with van der Waals surface area (Å²) in [6, 6.07) is 8.67. The lowest BCUT2D eigenvalue weighted by Gasteiger charge is -2.44. The first-order valence-electron chi connectivity index (χ1n) is 7.63. The molecule has 1 amide bonds. The Labute approximate surface area is 130 Å². The van der Waals surface area contributed by atoms with E-state index < -0.39 is 0 Å². The summed E-state index contributed by atoms with van der Waals surface area (Å²) in [6.45, 7) is 5.51. The quantitative estimate of drug-likeness (QED) is 0.686. The Kier molecular flexibility index (Phi) is 4.66. The Morgan fingerprint density at radius 1 is 1.29 bits per heavy atom. The van der Waals surface area contributed by atoms with E-state index in [1.54, 1.807) is 17.8 Å². The van der Waals surface area contributed by atoms with E-state index in [1.807, 2.05) is 5.41 Å². The number of fused-ring (bicyclic) bond motifs is 3. The van der Waals surface area contributed by atoms with E-state index in [0.717, 1.165) is 11.4 Å². The van der Waals surface area contributed by atoms with Gasteiger partial charge in [-0.3, -0.25) is 4.79 Å². The Balaban J connectivity index is 1.47. The first-order valence-corrected chi connectivity index (χ1v) is 8.51. The molecule has 1 N–H and O–H groups in total. The molecule has 21 heavy (non-hydrogen) atoms. The number of hydrogen-bond acceptors (Lipinski definition) is 3. The van der Waals surface area contributed by atoms with Crippen molar-refractivity contribution in [3.63, 3.8) is 0 Å². The molecule has 1 unspecified atom stereocenters. The minimum absolute atomic E-state index is 0.0355. The summed E-state index contributed by atoms with van der Waals surface area (Å²) in [7, 11) is 0. The standard InChI is InChI=1S/C17H22N2OS/c1-13-2-4-15(5-3-13)21-11-8-17(20)18-16-12-19-9-6-14(16)7-10-19/h2-5,8,11,14,16H,6-7,9-10,12H2,1H3,(H,18,20)/b11-8-. The second kappa shape index (κ2) is 6.67. The number of nitrogens with one attached hydrogen (secondary N) is 1. The molecule has 4 rings (SSSR count). The number of nitrogens with zero attached hydrogens (tertiary/aromatic N) is 1. The Bertz CT molecular complexity index is 518. The maximum atomic E-state index is 12.0. The van der Waals surface area contributed by atoms with E-state index >= 15 is 0 Å². The molecule has 2 bridgehead atoms. The van der Waals surface area contributed by atoms with Gasteiger partial charge in [-0.25, -0.2) is 0 Å². The predicted octanol–water partition coefficient (Wildman–Crippen LogP) is 2.81. The van der Waals surface area contributed by atoms with Crippen molar-refractivity contribution >= 4 is 17.7 Å². The van der Waals surface area contributed by atoms with Crippen LogP contribution in [0.4, 0.5) is 0 Å². The Morgan fingerprint density at radius 2 is 2.00 bits per heavy atom. The molecule has 0 saturated carbocycles. The van der Waals surface area contributed by atoms with Crippen LogP contribution in [0.25, 0.3) is 0 Å². The molecule has 1 atom stereocenters. The van der Waals surface area contributed by atoms with Gasteiger partial charge in [0.2, 0.25) is 5.91 Å². The van der Waals surface area contributed by atoms with Crippen molar-refractivity contribution in [1.82, 2.24) is 10.2 Å². The number of piperidine rings is 3. The molecule has 3 fully saturated rings. The highest BCUT2D eigenvalue weighted by atomic mass is 32.2. The normalized spacial score (nSPS) is 28.0. The van der Waals surface area contributed by atoms with Gasteiger partial charge >= 0.3 is 0 Å². The zero-order chi connectivity index (χ0) is 14.7. The van der Waals surface area contributed by atoms with Gasteiger partial charge in [0.1, 0.15) is 0 Å². The average Bonchev–Trinajstić information content (AvgIpc) is 2.50. The monoisotopic (exact) mass is 302 g/mol. The van der Waals surface area contributed by atoms with Crippen molar-refractivity contribution in [3.8, 4) is 0 Å². The zero-order valence-corrected chi connectivity index (χ0v) is 13.2. The van der Waals surface area contributed by atoms with Gasteiger partial charge in [0.25, 0.3) is 0 Å². The SMILES string of the molecule is Cc1ccc(S/C=C\C(=O)NC2CN3CCC2CC3)cc1. The third kappa shape index (κ3) is 3.89. The maximum Gasteiger partial charge on any atom is 0.244 e. The smallest absolute Gasteiger partial charge is 0.244 e. The van der Waals surface area contributed by atoms with Crippen LogP contribution in [0.1, 0.15) is 18.4 Å². The lowest BCUT2D eigenvalue weighted by molar-refractivity contribution is -0.118. The van der Waals surface area contributed by atoms with E-state index in [9.17, 15) is 4.79 Å². The van der Waals surface area contributed by atoms with Gasteiger partial charge in [-0.2, -0.15) is 0 Å². The van der Waals surface area contributed by atoms with Crippen LogP contribution in [-0.4, -0.2) is 36.5 Å². The van der Waals surface area contributed by atoms with E-state index in [0.29, 0.717) is 12.0 Å². The zero-order valence-electron chi connectivity index (χ0n) is 12.4. The van der Waals surface area contributed by atoms with Gasteiger partial charge in [0.05, 0.1) is 0 Å². The van der Waals surface area contributed by atoms with Gasteiger partial charge < -0.3 is 10.2 Å². The predicted molar refractivity (Wildman–Crippen MR) is 87.3 cm³/mol. The van der Waals surface area contributed by atoms with Crippen LogP contribution in [0.15, 0.2) is 40.6 Å². The van der Waals surface area contributed by atoms with Gasteiger partial charge in [-0.15, -0.1) is 0 Å². The van der Waals surface area contributed by atoms with Crippen LogP contribution in [0.5, 0.6) is 0 Å². The fraction of sp³-hybridized carbons (Fsp3) is 0.471. The van der Waals surface area contributed by atoms with E-state index in [-0.39, 0.29) is 5.91 Å². The summed E-state index contributed by atoms with van der Waals surface area (Å²) in [4.78, 5) is 15.6. The molecule has 3 aliphatic heterocycles. The van der Waals surface area contributed by atoms with E-state index in [2.05, 4.69) is 41.4 Å². The van der Waals surface area contributed by atoms with Crippen molar-refractivity contribution in [2.75, 3.05) is 19.6 Å². The molecule has 3 nitrogen and oxygen atoms in total. The van der Waals surface area contributed by atoms with Crippen molar-refractivity contribution in [3.05, 3.63) is 41.3 Å². The van der Waals surface area contributed by atoms with Crippen molar-refractivity contribution in [2.24, 2.45) is 5.92 Å². The summed E-state index contributed by atoms with van der Waals surface area (Å²) < 4.78 is 0. The van der Waals surface area contributed by atoms with Crippen LogP contribution < -0.4 is 5.32 Å². The number of amides is 1. The number of carbonyl (C=O) groups excluding carboxylic acids is 1. The van der Waals surface area contributed by atoms with Crippen LogP contribution >= 0.6 is 11.8 Å². The summed E-state index contributed by atoms with van der Waals surface area (Å²) in [5, 5.41) is 5.04. The van der Waals surface area contributed by atoms with Gasteiger partial charge in [0, 0.05) is 23.6 Å². The van der Waals surface area contributed by atoms with Crippen molar-refractivity contribution in [1.29, 1.82) is 0 Å². The largest absolute Gasteiger partial charge is 0.348 e. The molecule has 0 aromatic heterocycles. The second-order valence-corrected chi connectivity index (χ2v) is 6.97. The van der Waals surface area contributed by atoms with Gasteiger partial charge in [-0.05, 0) is 56.3 Å². The Morgan fingerprint density at radius 3 is 2.62 bits per heavy atom. The Hall–Kier alpha value is -1.26. The van der Waals surface area contributed by atoms with Crippen LogP contribution in [0.3, 0.4) is 0 Å². The number of hydrogen-bond donors (Lipinski definition) is 1. The van der Waals surface area contributed by atoms with Crippen molar-refractivity contribution in [2.45, 2.75) is 30.7 Å². The molecule has 4 heteroatoms. The number of carbonyl (C=O) groups is 1. The summed E-state index contributed by atoms with van der Waals surface area (Å²) in [6.07, 6.45) is 4.11. The average molecular weight is 302 g/mol. The second-order valence-electron chi connectivity index (χ2n) is 5.99. The molecule has 1 aromatic carbocycles. The fourth-order valence-electron chi connectivity index (χ4n) is 3.15. The lowest BCUT2D eigenvalue weighted by atomic mass is 9.84. The number of rotatable bonds is 4. The summed E-state index contributed by atoms with van der Waals surface area (Å²) in [5.41, 5.74) is 1.25. The molecule has 1 aromatic rings. The van der Waals surface area contributed by atoms with Gasteiger partial charge in [0.15, 0.2) is 0 Å². The summed E-state index contributed by atoms with van der Waals surface area (Å²) in [5.74, 6) is 0.713. The molecule has 3 heterocycles. The number of thioether (sulfide) groups is 1. The van der Waals surface area contributed by atoms with Crippen LogP contribution in [0.2, 0.25) is 0 Å². The molecule has 3 aliphatic rings. The number of benzene rings is 1. The molecule has 0 spiro atoms. The maximum absolute atomic E-state index is 12.0. The molecule has 0 aliphatic carbocycles. The highest BCUT2D eigenvalue weighted by Gasteiger charge is 2.34. The topological polar surface area (TPSA) is 32.3 Å². The molecule has 3 saturated heterocycles. The first-order chi connectivity index (χ1) is 10.2. The lowest BCUT2D eigenvalue weighted by Crippen LogP contribution is -2.57. The first kappa shape index (κ1) is 14.7. The van der Waals surface area contributed by atoms with Gasteiger partial charge in [-0.1, -0.05) is 29.5 Å². The minimum Gasteiger partial charge on any atom is -0.348 e. The third-order valence-electron chi connectivity index (χ3n) is 4.43. The van der Waals surface area contributed by atoms with E-state index in [4.69, 9.17) is 0 Å². The highest BCUT2D eigenvalue weighted by molar-refractivity contribution is 8.02. The van der Waals surface area contributed by atoms with Crippen molar-refractivity contribution < 1.29 is 4.79 Å². The molecule has 0 radical (unpaired) electrons. The van der Waals surface area contributed by atoms with Crippen LogP contribution in [0, 0.1) is 12.8 Å². The van der Waals surface area contributed by atoms with E-state index in [1.165, 1.54) is 31.5 Å². The highest BCUT2D eigenvalue weighted by Crippen LogP contribution is 2.27. The minimum atomic E-state index is 0.0355. The molecule has 112 valence electrons. The van der Waals surface area contributed by atoms with Crippen LogP contribution in [-0.2, 0) is 4.79 Å². The molecular formula is C17H22N2OS. The third-order valence-corrected chi connectivity index (χ3v) is 5.24. The summed E-state index contributed by atoms with van der Waals surface area (Å²) >= 11 is 1.58.